The van der Waals surface area contributed by atoms with Crippen molar-refractivity contribution >= 4 is 11.3 Å². The summed E-state index contributed by atoms with van der Waals surface area (Å²) in [5, 5.41) is 16.7. The molecule has 0 aliphatic heterocycles. The highest BCUT2D eigenvalue weighted by atomic mass is 32.1. The summed E-state index contributed by atoms with van der Waals surface area (Å²) in [6, 6.07) is 0. The standard InChI is InChI=1S/C10H14N4OS/c1-3-14-9(11-6-12-14)4-8(15)10-13-7(2)5-16-10/h5-6,8,15H,3-4H2,1-2H3. The van der Waals surface area contributed by atoms with Crippen molar-refractivity contribution in [3.05, 3.63) is 28.2 Å². The molecule has 16 heavy (non-hydrogen) atoms. The maximum absolute atomic E-state index is 9.99. The number of nitrogens with zero attached hydrogens (tertiary/aromatic N) is 4. The summed E-state index contributed by atoms with van der Waals surface area (Å²) >= 11 is 1.47. The van der Waals surface area contributed by atoms with Crippen molar-refractivity contribution in [2.45, 2.75) is 32.9 Å². The third kappa shape index (κ3) is 2.28. The molecule has 2 aromatic rings. The zero-order valence-electron chi connectivity index (χ0n) is 9.29. The molecule has 0 amide bonds. The van der Waals surface area contributed by atoms with Gasteiger partial charge in [0.1, 0.15) is 23.3 Å². The Morgan fingerprint density at radius 2 is 2.38 bits per heavy atom. The molecular formula is C10H14N4OS. The minimum absolute atomic E-state index is 0.459. The van der Waals surface area contributed by atoms with Gasteiger partial charge in [0.15, 0.2) is 0 Å². The highest BCUT2D eigenvalue weighted by Crippen LogP contribution is 2.20. The first-order valence-corrected chi connectivity index (χ1v) is 6.05. The molecular weight excluding hydrogens is 224 g/mol. The zero-order chi connectivity index (χ0) is 11.5. The van der Waals surface area contributed by atoms with E-state index in [4.69, 9.17) is 0 Å². The minimum atomic E-state index is -0.590. The van der Waals surface area contributed by atoms with Gasteiger partial charge in [0.05, 0.1) is 0 Å². The van der Waals surface area contributed by atoms with Crippen molar-refractivity contribution in [1.29, 1.82) is 0 Å². The Morgan fingerprint density at radius 3 is 3.00 bits per heavy atom. The quantitative estimate of drug-likeness (QED) is 0.873. The van der Waals surface area contributed by atoms with Gasteiger partial charge in [-0.25, -0.2) is 9.97 Å². The van der Waals surface area contributed by atoms with E-state index in [9.17, 15) is 5.11 Å². The van der Waals surface area contributed by atoms with Crippen LogP contribution in [-0.2, 0) is 13.0 Å². The number of aliphatic hydroxyl groups is 1. The fourth-order valence-electron chi connectivity index (χ4n) is 1.50. The summed E-state index contributed by atoms with van der Waals surface area (Å²) in [4.78, 5) is 8.39. The zero-order valence-corrected chi connectivity index (χ0v) is 10.1. The van der Waals surface area contributed by atoms with E-state index < -0.39 is 6.10 Å². The SMILES string of the molecule is CCn1ncnc1CC(O)c1nc(C)cs1. The van der Waals surface area contributed by atoms with Gasteiger partial charge in [-0.3, -0.25) is 4.68 Å². The van der Waals surface area contributed by atoms with Gasteiger partial charge in [0, 0.05) is 24.0 Å². The lowest BCUT2D eigenvalue weighted by atomic mass is 10.2. The molecule has 5 nitrogen and oxygen atoms in total. The number of hydrogen-bond acceptors (Lipinski definition) is 5. The molecule has 2 heterocycles. The summed E-state index contributed by atoms with van der Waals surface area (Å²) in [6.07, 6.45) is 1.38. The lowest BCUT2D eigenvalue weighted by Gasteiger charge is -2.07. The number of aryl methyl sites for hydroxylation is 2. The highest BCUT2D eigenvalue weighted by Gasteiger charge is 2.15. The van der Waals surface area contributed by atoms with Crippen molar-refractivity contribution in [2.75, 3.05) is 0 Å². The van der Waals surface area contributed by atoms with Gasteiger partial charge < -0.3 is 5.11 Å². The number of aliphatic hydroxyl groups excluding tert-OH is 1. The van der Waals surface area contributed by atoms with E-state index in [-0.39, 0.29) is 0 Å². The maximum Gasteiger partial charge on any atom is 0.138 e. The van der Waals surface area contributed by atoms with Gasteiger partial charge in [-0.2, -0.15) is 5.10 Å². The van der Waals surface area contributed by atoms with Crippen LogP contribution in [0.1, 0.15) is 29.6 Å². The number of hydrogen-bond donors (Lipinski definition) is 1. The Morgan fingerprint density at radius 1 is 1.56 bits per heavy atom. The van der Waals surface area contributed by atoms with Gasteiger partial charge >= 0.3 is 0 Å². The minimum Gasteiger partial charge on any atom is -0.385 e. The molecule has 86 valence electrons. The predicted octanol–water partition coefficient (Wildman–Crippen LogP) is 1.34. The fraction of sp³-hybridized carbons (Fsp3) is 0.500. The van der Waals surface area contributed by atoms with E-state index >= 15 is 0 Å². The normalized spacial score (nSPS) is 12.9. The van der Waals surface area contributed by atoms with Gasteiger partial charge in [-0.05, 0) is 13.8 Å². The van der Waals surface area contributed by atoms with Crippen molar-refractivity contribution in [3.63, 3.8) is 0 Å². The van der Waals surface area contributed by atoms with E-state index in [0.717, 1.165) is 23.1 Å². The van der Waals surface area contributed by atoms with E-state index in [2.05, 4.69) is 15.1 Å². The molecule has 0 aromatic carbocycles. The summed E-state index contributed by atoms with van der Waals surface area (Å²) in [5.74, 6) is 0.794. The molecule has 0 aliphatic carbocycles. The molecule has 1 atom stereocenters. The van der Waals surface area contributed by atoms with E-state index in [0.29, 0.717) is 6.42 Å². The Bertz CT molecular complexity index is 465. The molecule has 0 radical (unpaired) electrons. The molecule has 2 rings (SSSR count). The first kappa shape index (κ1) is 11.2. The molecule has 0 spiro atoms. The largest absolute Gasteiger partial charge is 0.385 e. The summed E-state index contributed by atoms with van der Waals surface area (Å²) in [5.41, 5.74) is 0.941. The average molecular weight is 238 g/mol. The van der Waals surface area contributed by atoms with Crippen LogP contribution in [0.15, 0.2) is 11.7 Å². The first-order valence-electron chi connectivity index (χ1n) is 5.17. The third-order valence-electron chi connectivity index (χ3n) is 2.29. The lowest BCUT2D eigenvalue weighted by Crippen LogP contribution is -2.09. The molecule has 1 N–H and O–H groups in total. The molecule has 0 saturated carbocycles. The van der Waals surface area contributed by atoms with Crippen molar-refractivity contribution in [2.24, 2.45) is 0 Å². The van der Waals surface area contributed by atoms with E-state index in [1.807, 2.05) is 19.2 Å². The lowest BCUT2D eigenvalue weighted by molar-refractivity contribution is 0.173. The molecule has 0 fully saturated rings. The summed E-state index contributed by atoms with van der Waals surface area (Å²) in [7, 11) is 0. The summed E-state index contributed by atoms with van der Waals surface area (Å²) < 4.78 is 1.78. The van der Waals surface area contributed by atoms with Crippen LogP contribution in [0.4, 0.5) is 0 Å². The van der Waals surface area contributed by atoms with Crippen molar-refractivity contribution < 1.29 is 5.11 Å². The van der Waals surface area contributed by atoms with Gasteiger partial charge in [-0.15, -0.1) is 11.3 Å². The van der Waals surface area contributed by atoms with Crippen LogP contribution in [0.3, 0.4) is 0 Å². The van der Waals surface area contributed by atoms with Gasteiger partial charge in [-0.1, -0.05) is 0 Å². The Labute approximate surface area is 97.8 Å². The van der Waals surface area contributed by atoms with Crippen molar-refractivity contribution in [3.8, 4) is 0 Å². The first-order chi connectivity index (χ1) is 7.70. The third-order valence-corrected chi connectivity index (χ3v) is 3.36. The van der Waals surface area contributed by atoms with Gasteiger partial charge in [0.2, 0.25) is 0 Å². The van der Waals surface area contributed by atoms with Crippen LogP contribution in [0, 0.1) is 6.92 Å². The number of rotatable bonds is 4. The monoisotopic (exact) mass is 238 g/mol. The van der Waals surface area contributed by atoms with E-state index in [1.165, 1.54) is 17.7 Å². The van der Waals surface area contributed by atoms with Crippen LogP contribution < -0.4 is 0 Å². The van der Waals surface area contributed by atoms with Gasteiger partial charge in [0.25, 0.3) is 0 Å². The molecule has 0 saturated heterocycles. The average Bonchev–Trinajstić information content (AvgIpc) is 2.86. The molecule has 1 unspecified atom stereocenters. The predicted molar refractivity (Wildman–Crippen MR) is 61.2 cm³/mol. The second-order valence-electron chi connectivity index (χ2n) is 3.54. The van der Waals surface area contributed by atoms with Crippen LogP contribution in [-0.4, -0.2) is 24.9 Å². The smallest absolute Gasteiger partial charge is 0.138 e. The van der Waals surface area contributed by atoms with Crippen LogP contribution in [0.25, 0.3) is 0 Å². The fourth-order valence-corrected chi connectivity index (χ4v) is 2.28. The molecule has 0 aliphatic rings. The number of thiazole rings is 1. The highest BCUT2D eigenvalue weighted by molar-refractivity contribution is 7.09. The van der Waals surface area contributed by atoms with Crippen LogP contribution >= 0.6 is 11.3 Å². The molecule has 2 aromatic heterocycles. The second kappa shape index (κ2) is 4.71. The topological polar surface area (TPSA) is 63.8 Å². The maximum atomic E-state index is 9.99. The Hall–Kier alpha value is -1.27. The van der Waals surface area contributed by atoms with Crippen molar-refractivity contribution in [1.82, 2.24) is 19.7 Å². The molecule has 6 heteroatoms. The second-order valence-corrected chi connectivity index (χ2v) is 4.43. The summed E-state index contributed by atoms with van der Waals surface area (Å²) in [6.45, 7) is 4.68. The Balaban J connectivity index is 2.10. The number of aromatic nitrogens is 4. The Kier molecular flexibility index (Phi) is 3.31. The van der Waals surface area contributed by atoms with Crippen LogP contribution in [0.5, 0.6) is 0 Å². The molecule has 0 bridgehead atoms. The van der Waals surface area contributed by atoms with E-state index in [1.54, 1.807) is 4.68 Å². The van der Waals surface area contributed by atoms with Crippen LogP contribution in [0.2, 0.25) is 0 Å².